The van der Waals surface area contributed by atoms with Gasteiger partial charge in [-0.25, -0.2) is 4.79 Å². The highest BCUT2D eigenvalue weighted by Gasteiger charge is 2.34. The first-order valence-corrected chi connectivity index (χ1v) is 19.5. The molecule has 0 bridgehead atoms. The second-order valence-corrected chi connectivity index (χ2v) is 14.8. The van der Waals surface area contributed by atoms with Crippen molar-refractivity contribution in [3.8, 4) is 0 Å². The molecule has 5 aromatic carbocycles. The van der Waals surface area contributed by atoms with Crippen molar-refractivity contribution in [1.29, 1.82) is 0 Å². The van der Waals surface area contributed by atoms with Gasteiger partial charge in [-0.15, -0.1) is 0 Å². The van der Waals surface area contributed by atoms with Crippen LogP contribution in [0.5, 0.6) is 0 Å². The van der Waals surface area contributed by atoms with E-state index in [0.29, 0.717) is 22.1 Å². The van der Waals surface area contributed by atoms with Crippen LogP contribution in [0.3, 0.4) is 0 Å². The number of carbonyl (C=O) groups is 3. The van der Waals surface area contributed by atoms with Crippen LogP contribution in [-0.4, -0.2) is 98.1 Å². The standard InChI is InChI=1S/C44H42N4O4S/c49-42-38-13-7-12-37-40(47-27-30-53-31-28-47)19-18-39(41(37)38)43(50)48(42)26-29-52-44(51)34-14-16-35(17-15-34)46-24-22-45(23-25-46)21-20-36(32-8-3-1-4-9-32)33-10-5-2-6-11-33/h1-20H,21-31H2. The van der Waals surface area contributed by atoms with Crippen molar-refractivity contribution in [2.75, 3.05) is 80.3 Å². The first-order valence-electron chi connectivity index (χ1n) is 18.4. The Morgan fingerprint density at radius 1 is 0.642 bits per heavy atom. The average Bonchev–Trinajstić information content (AvgIpc) is 3.22. The van der Waals surface area contributed by atoms with E-state index in [2.05, 4.69) is 69.3 Å². The summed E-state index contributed by atoms with van der Waals surface area (Å²) in [6.45, 7) is 6.28. The predicted molar refractivity (Wildman–Crippen MR) is 214 cm³/mol. The minimum atomic E-state index is -0.482. The Morgan fingerprint density at radius 2 is 1.28 bits per heavy atom. The normalized spacial score (nSPS) is 16.2. The van der Waals surface area contributed by atoms with E-state index in [-0.39, 0.29) is 25.0 Å². The lowest BCUT2D eigenvalue weighted by Crippen LogP contribution is -2.46. The molecule has 5 aromatic rings. The summed E-state index contributed by atoms with van der Waals surface area (Å²) in [5, 5.41) is 1.64. The second-order valence-electron chi connectivity index (χ2n) is 13.5. The fourth-order valence-corrected chi connectivity index (χ4v) is 8.49. The smallest absolute Gasteiger partial charge is 0.338 e. The Bertz CT molecular complexity index is 2080. The molecule has 0 spiro atoms. The van der Waals surface area contributed by atoms with Gasteiger partial charge < -0.3 is 14.5 Å². The molecular weight excluding hydrogens is 681 g/mol. The number of anilines is 2. The highest BCUT2D eigenvalue weighted by Crippen LogP contribution is 2.37. The molecule has 2 fully saturated rings. The molecule has 8 nitrogen and oxygen atoms in total. The minimum absolute atomic E-state index is 0.0138. The second kappa shape index (κ2) is 15.7. The van der Waals surface area contributed by atoms with Gasteiger partial charge in [-0.05, 0) is 59.2 Å². The number of piperazine rings is 1. The van der Waals surface area contributed by atoms with Gasteiger partial charge in [-0.3, -0.25) is 19.4 Å². The molecule has 2 saturated heterocycles. The molecule has 3 aliphatic heterocycles. The summed E-state index contributed by atoms with van der Waals surface area (Å²) in [4.78, 5) is 48.5. The molecule has 2 amide bonds. The highest BCUT2D eigenvalue weighted by molar-refractivity contribution is 7.99. The van der Waals surface area contributed by atoms with Gasteiger partial charge in [0.15, 0.2) is 0 Å². The summed E-state index contributed by atoms with van der Waals surface area (Å²) in [7, 11) is 0. The largest absolute Gasteiger partial charge is 0.460 e. The minimum Gasteiger partial charge on any atom is -0.460 e. The van der Waals surface area contributed by atoms with Crippen LogP contribution in [0.15, 0.2) is 121 Å². The van der Waals surface area contributed by atoms with E-state index >= 15 is 0 Å². The van der Waals surface area contributed by atoms with Gasteiger partial charge in [0.25, 0.3) is 11.8 Å². The molecule has 0 aromatic heterocycles. The maximum atomic E-state index is 13.6. The van der Waals surface area contributed by atoms with E-state index < -0.39 is 5.97 Å². The lowest BCUT2D eigenvalue weighted by Gasteiger charge is -2.35. The fourth-order valence-electron chi connectivity index (χ4n) is 7.58. The molecule has 3 aliphatic rings. The molecule has 0 N–H and O–H groups in total. The van der Waals surface area contributed by atoms with Crippen LogP contribution in [0.2, 0.25) is 0 Å². The Balaban J connectivity index is 0.848. The number of hydrogen-bond donors (Lipinski definition) is 0. The maximum Gasteiger partial charge on any atom is 0.338 e. The molecule has 0 radical (unpaired) electrons. The molecule has 268 valence electrons. The third-order valence-corrected chi connectivity index (χ3v) is 11.4. The van der Waals surface area contributed by atoms with Gasteiger partial charge in [0.1, 0.15) is 6.61 Å². The van der Waals surface area contributed by atoms with E-state index in [1.54, 1.807) is 18.2 Å². The Labute approximate surface area is 314 Å². The van der Waals surface area contributed by atoms with E-state index in [0.717, 1.165) is 74.1 Å². The Hall–Kier alpha value is -5.38. The number of hydrogen-bond acceptors (Lipinski definition) is 8. The summed E-state index contributed by atoms with van der Waals surface area (Å²) < 4.78 is 5.58. The van der Waals surface area contributed by atoms with Crippen LogP contribution in [0.1, 0.15) is 42.2 Å². The van der Waals surface area contributed by atoms with Crippen molar-refractivity contribution in [2.24, 2.45) is 0 Å². The van der Waals surface area contributed by atoms with Crippen molar-refractivity contribution in [3.05, 3.63) is 149 Å². The maximum absolute atomic E-state index is 13.6. The molecule has 0 atom stereocenters. The van der Waals surface area contributed by atoms with Crippen LogP contribution in [0, 0.1) is 0 Å². The summed E-state index contributed by atoms with van der Waals surface area (Å²) >= 11 is 1.94. The molecular formula is C44H42N4O4S. The number of imide groups is 1. The molecule has 3 heterocycles. The van der Waals surface area contributed by atoms with E-state index in [4.69, 9.17) is 4.74 Å². The molecule has 8 rings (SSSR count). The number of benzene rings is 5. The number of thioether (sulfide) groups is 1. The molecule has 0 aliphatic carbocycles. The lowest BCUT2D eigenvalue weighted by atomic mass is 9.92. The monoisotopic (exact) mass is 722 g/mol. The lowest BCUT2D eigenvalue weighted by molar-refractivity contribution is 0.0405. The summed E-state index contributed by atoms with van der Waals surface area (Å²) in [5.41, 5.74) is 7.25. The quantitative estimate of drug-likeness (QED) is 0.112. The van der Waals surface area contributed by atoms with Crippen LogP contribution in [0.25, 0.3) is 16.3 Å². The molecule has 53 heavy (non-hydrogen) atoms. The van der Waals surface area contributed by atoms with E-state index in [9.17, 15) is 14.4 Å². The molecule has 9 heteroatoms. The SMILES string of the molecule is O=C(OCCN1C(=O)c2cccc3c(N4CCSCC4)ccc(c23)C1=O)c1ccc(N2CCN(CC=C(c3ccccc3)c3ccccc3)CC2)cc1. The summed E-state index contributed by atoms with van der Waals surface area (Å²) in [5.74, 6) is 0.914. The molecule has 0 unspecified atom stereocenters. The van der Waals surface area contributed by atoms with Gasteiger partial charge in [0, 0.05) is 90.6 Å². The van der Waals surface area contributed by atoms with Gasteiger partial charge >= 0.3 is 5.97 Å². The van der Waals surface area contributed by atoms with Crippen LogP contribution < -0.4 is 9.80 Å². The average molecular weight is 723 g/mol. The van der Waals surface area contributed by atoms with Crippen molar-refractivity contribution in [1.82, 2.24) is 9.80 Å². The third kappa shape index (κ3) is 7.32. The molecule has 0 saturated carbocycles. The van der Waals surface area contributed by atoms with Crippen LogP contribution in [0.4, 0.5) is 11.4 Å². The van der Waals surface area contributed by atoms with Crippen molar-refractivity contribution >= 4 is 57.3 Å². The van der Waals surface area contributed by atoms with Gasteiger partial charge in [0.2, 0.25) is 0 Å². The van der Waals surface area contributed by atoms with Crippen molar-refractivity contribution in [3.63, 3.8) is 0 Å². The van der Waals surface area contributed by atoms with Crippen LogP contribution >= 0.6 is 11.8 Å². The zero-order chi connectivity index (χ0) is 36.1. The van der Waals surface area contributed by atoms with Gasteiger partial charge in [-0.2, -0.15) is 11.8 Å². The number of esters is 1. The highest BCUT2D eigenvalue weighted by atomic mass is 32.2. The number of carbonyl (C=O) groups excluding carboxylic acids is 3. The summed E-state index contributed by atoms with van der Waals surface area (Å²) in [6, 6.07) is 38.1. The topological polar surface area (TPSA) is 73.4 Å². The fraction of sp³-hybridized carbons (Fsp3) is 0.250. The number of amides is 2. The Kier molecular flexibility index (Phi) is 10.3. The zero-order valence-electron chi connectivity index (χ0n) is 29.7. The first kappa shape index (κ1) is 34.7. The Morgan fingerprint density at radius 3 is 1.94 bits per heavy atom. The van der Waals surface area contributed by atoms with Gasteiger partial charge in [0.05, 0.1) is 12.1 Å². The van der Waals surface area contributed by atoms with Crippen molar-refractivity contribution < 1.29 is 19.1 Å². The predicted octanol–water partition coefficient (Wildman–Crippen LogP) is 7.10. The summed E-state index contributed by atoms with van der Waals surface area (Å²) in [6.07, 6.45) is 2.34. The first-order chi connectivity index (χ1) is 26.0. The van der Waals surface area contributed by atoms with Gasteiger partial charge in [-0.1, -0.05) is 78.9 Å². The van der Waals surface area contributed by atoms with E-state index in [1.165, 1.54) is 21.6 Å². The van der Waals surface area contributed by atoms with Crippen molar-refractivity contribution in [2.45, 2.75) is 0 Å². The third-order valence-electron chi connectivity index (χ3n) is 10.4. The number of rotatable bonds is 10. The van der Waals surface area contributed by atoms with E-state index in [1.807, 2.05) is 60.3 Å². The zero-order valence-corrected chi connectivity index (χ0v) is 30.5. The number of nitrogens with zero attached hydrogens (tertiary/aromatic N) is 4. The number of ether oxygens (including phenoxy) is 1. The van der Waals surface area contributed by atoms with Crippen LogP contribution in [-0.2, 0) is 4.74 Å².